The highest BCUT2D eigenvalue weighted by Gasteiger charge is 1.96. The second-order valence-electron chi connectivity index (χ2n) is 5.86. The molecule has 22 heavy (non-hydrogen) atoms. The fourth-order valence-corrected chi connectivity index (χ4v) is 2.28. The van der Waals surface area contributed by atoms with Crippen molar-refractivity contribution in [3.8, 4) is 0 Å². The van der Waals surface area contributed by atoms with Crippen LogP contribution in [0.2, 0.25) is 0 Å². The molecular weight excluding hydrogens is 276 g/mol. The van der Waals surface area contributed by atoms with Crippen molar-refractivity contribution >= 4 is 11.8 Å². The lowest BCUT2D eigenvalue weighted by Crippen LogP contribution is -1.99. The molecule has 0 saturated carbocycles. The fourth-order valence-electron chi connectivity index (χ4n) is 2.28. The van der Waals surface area contributed by atoms with Gasteiger partial charge in [-0.3, -0.25) is 9.59 Å². The molecule has 0 atom stereocenters. The van der Waals surface area contributed by atoms with Gasteiger partial charge in [-0.05, 0) is 38.5 Å². The molecule has 0 bridgehead atoms. The lowest BCUT2D eigenvalue weighted by molar-refractivity contribution is -0.141. The first kappa shape index (κ1) is 20.9. The second kappa shape index (κ2) is 16.3. The van der Waals surface area contributed by atoms with Gasteiger partial charge in [-0.25, -0.2) is 0 Å². The third-order valence-electron chi connectivity index (χ3n) is 3.71. The molecule has 0 N–H and O–H groups in total. The molecule has 0 unspecified atom stereocenters. The summed E-state index contributed by atoms with van der Waals surface area (Å²) in [4.78, 5) is 21.7. The number of allylic oxidation sites excluding steroid dienone is 2. The molecule has 0 aliphatic rings. The Bertz CT molecular complexity index is 308. The molecule has 0 aromatic heterocycles. The van der Waals surface area contributed by atoms with Crippen LogP contribution in [0.25, 0.3) is 0 Å². The first-order valence-corrected chi connectivity index (χ1v) is 8.97. The van der Waals surface area contributed by atoms with Gasteiger partial charge < -0.3 is 4.74 Å². The van der Waals surface area contributed by atoms with Crippen molar-refractivity contribution in [2.24, 2.45) is 0 Å². The van der Waals surface area contributed by atoms with Gasteiger partial charge in [-0.1, -0.05) is 44.8 Å². The van der Waals surface area contributed by atoms with Gasteiger partial charge in [0.2, 0.25) is 0 Å². The summed E-state index contributed by atoms with van der Waals surface area (Å²) in [5.74, 6) is 0.213. The molecular formula is C19H34O3. The predicted octanol–water partition coefficient (Wildman–Crippen LogP) is 5.38. The average Bonchev–Trinajstić information content (AvgIpc) is 2.50. The number of Topliss-reactive ketones (excluding diaryl/α,β-unsaturated/α-hetero) is 1. The van der Waals surface area contributed by atoms with Crippen LogP contribution in [0.3, 0.4) is 0 Å². The van der Waals surface area contributed by atoms with Crippen LogP contribution in [-0.2, 0) is 14.3 Å². The van der Waals surface area contributed by atoms with E-state index in [4.69, 9.17) is 4.74 Å². The first-order valence-electron chi connectivity index (χ1n) is 8.97. The Morgan fingerprint density at radius 3 is 1.95 bits per heavy atom. The molecule has 0 radical (unpaired) electrons. The number of ether oxygens (including phenoxy) is 1. The molecule has 128 valence electrons. The third-order valence-corrected chi connectivity index (χ3v) is 3.71. The fraction of sp³-hybridized carbons (Fsp3) is 0.789. The summed E-state index contributed by atoms with van der Waals surface area (Å²) in [6, 6.07) is 0. The first-order chi connectivity index (χ1) is 10.7. The topological polar surface area (TPSA) is 43.4 Å². The number of carbonyl (C=O) groups excluding carboxylic acids is 2. The Morgan fingerprint density at radius 2 is 1.36 bits per heavy atom. The molecule has 0 amide bonds. The van der Waals surface area contributed by atoms with Crippen LogP contribution in [0.4, 0.5) is 0 Å². The SMILES string of the molecule is CCC(=O)CCCCCC=CCCCCCCCOC(C)=O. The van der Waals surface area contributed by atoms with Crippen LogP contribution in [0.5, 0.6) is 0 Å². The lowest BCUT2D eigenvalue weighted by atomic mass is 10.1. The summed E-state index contributed by atoms with van der Waals surface area (Å²) in [5, 5.41) is 0. The zero-order valence-corrected chi connectivity index (χ0v) is 14.6. The van der Waals surface area contributed by atoms with Crippen LogP contribution in [0.1, 0.15) is 90.9 Å². The Kier molecular flexibility index (Phi) is 15.4. The van der Waals surface area contributed by atoms with E-state index in [2.05, 4.69) is 12.2 Å². The summed E-state index contributed by atoms with van der Waals surface area (Å²) in [6.45, 7) is 3.96. The van der Waals surface area contributed by atoms with Gasteiger partial charge in [-0.15, -0.1) is 0 Å². The summed E-state index contributed by atoms with van der Waals surface area (Å²) in [6.07, 6.45) is 17.6. The molecule has 3 nitrogen and oxygen atoms in total. The van der Waals surface area contributed by atoms with Crippen LogP contribution < -0.4 is 0 Å². The highest BCUT2D eigenvalue weighted by atomic mass is 16.5. The standard InChI is InChI=1S/C19H34O3/c1-3-19(21)16-14-12-10-8-6-4-5-7-9-11-13-15-17-22-18(2)20/h4,6H,3,5,7-17H2,1-2H3. The van der Waals surface area contributed by atoms with Gasteiger partial charge in [0.1, 0.15) is 5.78 Å². The number of hydrogen-bond acceptors (Lipinski definition) is 3. The molecule has 0 aliphatic carbocycles. The average molecular weight is 310 g/mol. The largest absolute Gasteiger partial charge is 0.466 e. The number of ketones is 1. The molecule has 0 rings (SSSR count). The van der Waals surface area contributed by atoms with Crippen molar-refractivity contribution in [1.29, 1.82) is 0 Å². The van der Waals surface area contributed by atoms with E-state index in [9.17, 15) is 9.59 Å². The van der Waals surface area contributed by atoms with Crippen LogP contribution in [0.15, 0.2) is 12.2 Å². The van der Waals surface area contributed by atoms with Gasteiger partial charge in [0.25, 0.3) is 0 Å². The van der Waals surface area contributed by atoms with Crippen molar-refractivity contribution in [3.05, 3.63) is 12.2 Å². The summed E-state index contributed by atoms with van der Waals surface area (Å²) >= 11 is 0. The Balaban J connectivity index is 3.15. The molecule has 0 aromatic rings. The maximum Gasteiger partial charge on any atom is 0.302 e. The molecule has 0 saturated heterocycles. The van der Waals surface area contributed by atoms with E-state index in [1.165, 1.54) is 39.0 Å². The van der Waals surface area contributed by atoms with Crippen LogP contribution in [-0.4, -0.2) is 18.4 Å². The quantitative estimate of drug-likeness (QED) is 0.232. The van der Waals surface area contributed by atoms with Crippen molar-refractivity contribution in [1.82, 2.24) is 0 Å². The summed E-state index contributed by atoms with van der Waals surface area (Å²) in [7, 11) is 0. The number of esters is 1. The van der Waals surface area contributed by atoms with Gasteiger partial charge in [0.15, 0.2) is 0 Å². The number of rotatable bonds is 15. The minimum absolute atomic E-state index is 0.179. The lowest BCUT2D eigenvalue weighted by Gasteiger charge is -2.01. The Morgan fingerprint density at radius 1 is 0.818 bits per heavy atom. The van der Waals surface area contributed by atoms with Gasteiger partial charge >= 0.3 is 5.97 Å². The molecule has 0 fully saturated rings. The molecule has 0 aliphatic heterocycles. The number of unbranched alkanes of at least 4 members (excludes halogenated alkanes) is 8. The molecule has 0 aromatic carbocycles. The Hall–Kier alpha value is -1.12. The van der Waals surface area contributed by atoms with E-state index in [1.54, 1.807) is 0 Å². The molecule has 3 heteroatoms. The number of hydrogen-bond donors (Lipinski definition) is 0. The normalized spacial score (nSPS) is 11.0. The highest BCUT2D eigenvalue weighted by Crippen LogP contribution is 2.08. The van der Waals surface area contributed by atoms with Crippen molar-refractivity contribution in [3.63, 3.8) is 0 Å². The van der Waals surface area contributed by atoms with E-state index in [1.807, 2.05) is 6.92 Å². The van der Waals surface area contributed by atoms with Crippen LogP contribution in [0, 0.1) is 0 Å². The van der Waals surface area contributed by atoms with Gasteiger partial charge in [0, 0.05) is 19.8 Å². The number of carbonyl (C=O) groups is 2. The molecule has 0 heterocycles. The third kappa shape index (κ3) is 16.9. The van der Waals surface area contributed by atoms with Crippen molar-refractivity contribution in [2.75, 3.05) is 6.61 Å². The highest BCUT2D eigenvalue weighted by molar-refractivity contribution is 5.77. The molecule has 0 spiro atoms. The predicted molar refractivity (Wildman–Crippen MR) is 91.9 cm³/mol. The maximum atomic E-state index is 11.1. The smallest absolute Gasteiger partial charge is 0.302 e. The zero-order chi connectivity index (χ0) is 16.5. The Labute approximate surface area is 136 Å². The van der Waals surface area contributed by atoms with Gasteiger partial charge in [-0.2, -0.15) is 0 Å². The second-order valence-corrected chi connectivity index (χ2v) is 5.86. The van der Waals surface area contributed by atoms with Gasteiger partial charge in [0.05, 0.1) is 6.61 Å². The summed E-state index contributed by atoms with van der Waals surface area (Å²) < 4.78 is 4.89. The van der Waals surface area contributed by atoms with Crippen molar-refractivity contribution in [2.45, 2.75) is 90.9 Å². The maximum absolute atomic E-state index is 11.1. The minimum Gasteiger partial charge on any atom is -0.466 e. The minimum atomic E-state index is -0.179. The van der Waals surface area contributed by atoms with E-state index in [0.29, 0.717) is 18.8 Å². The van der Waals surface area contributed by atoms with Crippen molar-refractivity contribution < 1.29 is 14.3 Å². The van der Waals surface area contributed by atoms with E-state index < -0.39 is 0 Å². The zero-order valence-electron chi connectivity index (χ0n) is 14.6. The van der Waals surface area contributed by atoms with E-state index in [0.717, 1.165) is 38.5 Å². The van der Waals surface area contributed by atoms with E-state index in [-0.39, 0.29) is 5.97 Å². The monoisotopic (exact) mass is 310 g/mol. The summed E-state index contributed by atoms with van der Waals surface area (Å²) in [5.41, 5.74) is 0. The van der Waals surface area contributed by atoms with Crippen LogP contribution >= 0.6 is 0 Å². The van der Waals surface area contributed by atoms with E-state index >= 15 is 0 Å².